The van der Waals surface area contributed by atoms with Crippen molar-refractivity contribution >= 4 is 15.9 Å². The first-order valence-corrected chi connectivity index (χ1v) is 4.72. The fraction of sp³-hybridized carbons (Fsp3) is 0.300. The van der Waals surface area contributed by atoms with E-state index in [0.717, 1.165) is 4.47 Å². The number of aliphatic hydroxyl groups excluding tert-OH is 1. The second-order valence-corrected chi connectivity index (χ2v) is 3.46. The number of rotatable bonds is 2. The third-order valence-corrected chi connectivity index (χ3v) is 2.03. The number of aromatic nitrogens is 1. The lowest BCUT2D eigenvalue weighted by Crippen LogP contribution is -1.98. The van der Waals surface area contributed by atoms with Gasteiger partial charge in [-0.05, 0) is 35.0 Å². The van der Waals surface area contributed by atoms with Crippen molar-refractivity contribution in [3.63, 3.8) is 0 Å². The Balaban J connectivity index is 2.69. The molecule has 0 saturated heterocycles. The minimum absolute atomic E-state index is 0.436. The van der Waals surface area contributed by atoms with Crippen molar-refractivity contribution in [3.05, 3.63) is 28.5 Å². The predicted octanol–water partition coefficient (Wildman–Crippen LogP) is 2.29. The molecule has 13 heavy (non-hydrogen) atoms. The normalized spacial score (nSPS) is 11.6. The summed E-state index contributed by atoms with van der Waals surface area (Å²) in [5, 5.41) is 9.56. The fourth-order valence-electron chi connectivity index (χ4n) is 0.888. The first-order valence-electron chi connectivity index (χ1n) is 3.93. The summed E-state index contributed by atoms with van der Waals surface area (Å²) in [5.74, 6) is 5.54. The Kier molecular flexibility index (Phi) is 3.94. The SMILES string of the molecule is CC#CCC(O)c1ccc(Br)cn1. The molecule has 0 spiro atoms. The number of hydrogen-bond donors (Lipinski definition) is 1. The van der Waals surface area contributed by atoms with E-state index in [4.69, 9.17) is 0 Å². The predicted molar refractivity (Wildman–Crippen MR) is 55.0 cm³/mol. The van der Waals surface area contributed by atoms with Gasteiger partial charge in [-0.3, -0.25) is 4.98 Å². The molecule has 0 fully saturated rings. The fourth-order valence-corrected chi connectivity index (χ4v) is 1.12. The van der Waals surface area contributed by atoms with Gasteiger partial charge in [0.2, 0.25) is 0 Å². The second-order valence-electron chi connectivity index (χ2n) is 2.55. The summed E-state index contributed by atoms with van der Waals surface area (Å²) in [6.07, 6.45) is 1.52. The number of nitrogens with zero attached hydrogens (tertiary/aromatic N) is 1. The number of hydrogen-bond acceptors (Lipinski definition) is 2. The van der Waals surface area contributed by atoms with E-state index in [9.17, 15) is 5.11 Å². The maximum atomic E-state index is 9.56. The zero-order valence-corrected chi connectivity index (χ0v) is 8.87. The van der Waals surface area contributed by atoms with Crippen LogP contribution in [0, 0.1) is 11.8 Å². The summed E-state index contributed by atoms with van der Waals surface area (Å²) >= 11 is 3.28. The lowest BCUT2D eigenvalue weighted by molar-refractivity contribution is 0.179. The molecule has 1 unspecified atom stereocenters. The molecule has 1 heterocycles. The molecule has 0 bridgehead atoms. The zero-order chi connectivity index (χ0) is 9.68. The van der Waals surface area contributed by atoms with E-state index in [-0.39, 0.29) is 0 Å². The van der Waals surface area contributed by atoms with Crippen molar-refractivity contribution in [1.82, 2.24) is 4.98 Å². The van der Waals surface area contributed by atoms with E-state index in [1.54, 1.807) is 19.2 Å². The Morgan fingerprint density at radius 1 is 1.62 bits per heavy atom. The van der Waals surface area contributed by atoms with Gasteiger partial charge in [0.1, 0.15) is 6.10 Å². The lowest BCUT2D eigenvalue weighted by Gasteiger charge is -2.05. The minimum Gasteiger partial charge on any atom is -0.386 e. The maximum absolute atomic E-state index is 9.56. The molecule has 0 radical (unpaired) electrons. The third-order valence-electron chi connectivity index (χ3n) is 1.56. The largest absolute Gasteiger partial charge is 0.386 e. The minimum atomic E-state index is -0.583. The quantitative estimate of drug-likeness (QED) is 0.804. The summed E-state index contributed by atoms with van der Waals surface area (Å²) in [4.78, 5) is 4.07. The summed E-state index contributed by atoms with van der Waals surface area (Å²) in [5.41, 5.74) is 0.658. The average Bonchev–Trinajstić information content (AvgIpc) is 2.15. The Morgan fingerprint density at radius 2 is 2.38 bits per heavy atom. The van der Waals surface area contributed by atoms with Gasteiger partial charge in [-0.2, -0.15) is 0 Å². The van der Waals surface area contributed by atoms with Crippen molar-refractivity contribution in [2.24, 2.45) is 0 Å². The van der Waals surface area contributed by atoms with Crippen LogP contribution < -0.4 is 0 Å². The number of pyridine rings is 1. The number of aliphatic hydroxyl groups is 1. The van der Waals surface area contributed by atoms with Crippen molar-refractivity contribution in [1.29, 1.82) is 0 Å². The molecule has 1 atom stereocenters. The van der Waals surface area contributed by atoms with Crippen molar-refractivity contribution < 1.29 is 5.11 Å². The lowest BCUT2D eigenvalue weighted by atomic mass is 10.2. The van der Waals surface area contributed by atoms with Crippen molar-refractivity contribution in [3.8, 4) is 11.8 Å². The molecule has 0 saturated carbocycles. The standard InChI is InChI=1S/C10H10BrNO/c1-2-3-4-10(13)9-6-5-8(11)7-12-9/h5-7,10,13H,4H2,1H3. The highest BCUT2D eigenvalue weighted by atomic mass is 79.9. The number of halogens is 1. The van der Waals surface area contributed by atoms with Crippen molar-refractivity contribution in [2.75, 3.05) is 0 Å². The molecule has 1 aromatic rings. The van der Waals surface area contributed by atoms with Crippen LogP contribution in [0.5, 0.6) is 0 Å². The van der Waals surface area contributed by atoms with Crippen LogP contribution in [-0.4, -0.2) is 10.1 Å². The zero-order valence-electron chi connectivity index (χ0n) is 7.29. The molecule has 1 aromatic heterocycles. The van der Waals surface area contributed by atoms with Crippen LogP contribution in [0.3, 0.4) is 0 Å². The molecule has 68 valence electrons. The second kappa shape index (κ2) is 5.00. The average molecular weight is 240 g/mol. The van der Waals surface area contributed by atoms with Gasteiger partial charge in [-0.15, -0.1) is 11.8 Å². The summed E-state index contributed by atoms with van der Waals surface area (Å²) < 4.78 is 0.907. The molecule has 3 heteroatoms. The van der Waals surface area contributed by atoms with Crippen molar-refractivity contribution in [2.45, 2.75) is 19.4 Å². The van der Waals surface area contributed by atoms with Crippen LogP contribution in [-0.2, 0) is 0 Å². The molecule has 0 aliphatic rings. The third kappa shape index (κ3) is 3.17. The van der Waals surface area contributed by atoms with Crippen LogP contribution in [0.4, 0.5) is 0 Å². The Hall–Kier alpha value is -0.850. The highest BCUT2D eigenvalue weighted by molar-refractivity contribution is 9.10. The molecular weight excluding hydrogens is 230 g/mol. The van der Waals surface area contributed by atoms with E-state index in [2.05, 4.69) is 32.8 Å². The van der Waals surface area contributed by atoms with E-state index in [1.807, 2.05) is 6.07 Å². The summed E-state index contributed by atoms with van der Waals surface area (Å²) in [7, 11) is 0. The molecule has 0 aliphatic heterocycles. The molecule has 1 N–H and O–H groups in total. The molecule has 0 aliphatic carbocycles. The van der Waals surface area contributed by atoms with Gasteiger partial charge in [-0.25, -0.2) is 0 Å². The molecule has 1 rings (SSSR count). The smallest absolute Gasteiger partial charge is 0.107 e. The van der Waals surface area contributed by atoms with Gasteiger partial charge < -0.3 is 5.11 Å². The van der Waals surface area contributed by atoms with E-state index in [1.165, 1.54) is 0 Å². The van der Waals surface area contributed by atoms with Gasteiger partial charge in [0.25, 0.3) is 0 Å². The van der Waals surface area contributed by atoms with E-state index < -0.39 is 6.10 Å². The summed E-state index contributed by atoms with van der Waals surface area (Å²) in [6.45, 7) is 1.75. The van der Waals surface area contributed by atoms with Crippen LogP contribution >= 0.6 is 15.9 Å². The molecule has 2 nitrogen and oxygen atoms in total. The Labute approximate surface area is 86.1 Å². The van der Waals surface area contributed by atoms with Crippen LogP contribution in [0.2, 0.25) is 0 Å². The molecule has 0 amide bonds. The Morgan fingerprint density at radius 3 is 2.92 bits per heavy atom. The van der Waals surface area contributed by atoms with Crippen LogP contribution in [0.1, 0.15) is 25.1 Å². The summed E-state index contributed by atoms with van der Waals surface area (Å²) in [6, 6.07) is 3.64. The van der Waals surface area contributed by atoms with Crippen LogP contribution in [0.25, 0.3) is 0 Å². The van der Waals surface area contributed by atoms with Crippen LogP contribution in [0.15, 0.2) is 22.8 Å². The topological polar surface area (TPSA) is 33.1 Å². The van der Waals surface area contributed by atoms with Gasteiger partial charge in [-0.1, -0.05) is 0 Å². The van der Waals surface area contributed by atoms with Gasteiger partial charge in [0.15, 0.2) is 0 Å². The van der Waals surface area contributed by atoms with E-state index in [0.29, 0.717) is 12.1 Å². The highest BCUT2D eigenvalue weighted by Gasteiger charge is 2.05. The van der Waals surface area contributed by atoms with Gasteiger partial charge >= 0.3 is 0 Å². The van der Waals surface area contributed by atoms with Gasteiger partial charge in [0, 0.05) is 17.1 Å². The van der Waals surface area contributed by atoms with E-state index >= 15 is 0 Å². The monoisotopic (exact) mass is 239 g/mol. The highest BCUT2D eigenvalue weighted by Crippen LogP contribution is 2.15. The first kappa shape index (κ1) is 10.2. The molecule has 0 aromatic carbocycles. The van der Waals surface area contributed by atoms with Gasteiger partial charge in [0.05, 0.1) is 5.69 Å². The maximum Gasteiger partial charge on any atom is 0.107 e. The molecular formula is C10H10BrNO. The first-order chi connectivity index (χ1) is 6.24. The Bertz CT molecular complexity index is 323.